The molecule has 3 rings (SSSR count). The highest BCUT2D eigenvalue weighted by Gasteiger charge is 2.02. The Bertz CT molecular complexity index is 1180. The highest BCUT2D eigenvalue weighted by Crippen LogP contribution is 2.15. The fourth-order valence-electron chi connectivity index (χ4n) is 3.47. The van der Waals surface area contributed by atoms with E-state index in [1.807, 2.05) is 50.2 Å². The average molecular weight is 402 g/mol. The maximum absolute atomic E-state index is 9.20. The number of hydrogen-bond donors (Lipinski definition) is 0. The van der Waals surface area contributed by atoms with Crippen LogP contribution >= 0.6 is 0 Å². The molecule has 0 spiro atoms. The maximum atomic E-state index is 9.20. The van der Waals surface area contributed by atoms with E-state index in [9.17, 15) is 5.26 Å². The number of aryl methyl sites for hydroxylation is 3. The molecule has 0 fully saturated rings. The van der Waals surface area contributed by atoms with Crippen LogP contribution < -0.4 is 0 Å². The molecule has 0 bridgehead atoms. The van der Waals surface area contributed by atoms with Gasteiger partial charge in [0.2, 0.25) is 0 Å². The Balaban J connectivity index is 1.66. The second-order valence-electron chi connectivity index (χ2n) is 7.83. The van der Waals surface area contributed by atoms with E-state index in [4.69, 9.17) is 0 Å². The minimum atomic E-state index is 0.736. The lowest BCUT2D eigenvalue weighted by atomic mass is 10.0. The lowest BCUT2D eigenvalue weighted by Gasteiger charge is -2.02. The van der Waals surface area contributed by atoms with Crippen molar-refractivity contribution in [3.63, 3.8) is 0 Å². The number of hydrogen-bond acceptors (Lipinski definition) is 1. The summed E-state index contributed by atoms with van der Waals surface area (Å²) in [6, 6.07) is 22.8. The summed E-state index contributed by atoms with van der Waals surface area (Å²) in [5.41, 5.74) is 7.93. The summed E-state index contributed by atoms with van der Waals surface area (Å²) in [4.78, 5) is 0. The van der Waals surface area contributed by atoms with Crippen molar-refractivity contribution in [2.24, 2.45) is 0 Å². The van der Waals surface area contributed by atoms with Crippen molar-refractivity contribution in [2.45, 2.75) is 46.5 Å². The Morgan fingerprint density at radius 3 is 1.55 bits per heavy atom. The smallest absolute Gasteiger partial charge is 0.0997 e. The lowest BCUT2D eigenvalue weighted by Crippen LogP contribution is -1.89. The van der Waals surface area contributed by atoms with Crippen LogP contribution in [0.2, 0.25) is 0 Å². The molecule has 0 unspecified atom stereocenters. The Morgan fingerprint density at radius 2 is 1.10 bits per heavy atom. The molecule has 152 valence electrons. The van der Waals surface area contributed by atoms with E-state index in [2.05, 4.69) is 60.9 Å². The van der Waals surface area contributed by atoms with Gasteiger partial charge in [-0.25, -0.2) is 0 Å². The third kappa shape index (κ3) is 6.37. The van der Waals surface area contributed by atoms with Crippen molar-refractivity contribution >= 4 is 0 Å². The molecule has 31 heavy (non-hydrogen) atoms. The van der Waals surface area contributed by atoms with E-state index in [0.717, 1.165) is 45.4 Å². The van der Waals surface area contributed by atoms with Crippen LogP contribution in [-0.4, -0.2) is 0 Å². The van der Waals surface area contributed by atoms with Crippen LogP contribution in [0.15, 0.2) is 60.7 Å². The van der Waals surface area contributed by atoms with Crippen LogP contribution in [0.25, 0.3) is 0 Å². The molecular weight excluding hydrogens is 374 g/mol. The van der Waals surface area contributed by atoms with Gasteiger partial charge in [-0.15, -0.1) is 0 Å². The Kier molecular flexibility index (Phi) is 7.71. The van der Waals surface area contributed by atoms with Gasteiger partial charge in [-0.05, 0) is 91.9 Å². The Labute approximate surface area is 186 Å². The number of nitrogens with zero attached hydrogens (tertiary/aromatic N) is 1. The first kappa shape index (κ1) is 22.0. The standard InChI is InChI=1S/C30H27N/c1-4-5-6-7-25-8-10-26(11-9-25)12-13-27-14-16-28(17-15-27)18-19-29-20-23(2)30(22-31)24(3)21-29/h8-11,14-17,20-21H,4-7H2,1-3H3. The van der Waals surface area contributed by atoms with Crippen LogP contribution in [0.4, 0.5) is 0 Å². The first-order valence-corrected chi connectivity index (χ1v) is 10.8. The summed E-state index contributed by atoms with van der Waals surface area (Å²) in [6.07, 6.45) is 4.93. The van der Waals surface area contributed by atoms with Crippen LogP contribution in [0.5, 0.6) is 0 Å². The van der Waals surface area contributed by atoms with Gasteiger partial charge in [0.25, 0.3) is 0 Å². The Morgan fingerprint density at radius 1 is 0.645 bits per heavy atom. The quantitative estimate of drug-likeness (QED) is 0.352. The molecule has 0 atom stereocenters. The summed E-state index contributed by atoms with van der Waals surface area (Å²) in [7, 11) is 0. The topological polar surface area (TPSA) is 23.8 Å². The summed E-state index contributed by atoms with van der Waals surface area (Å²) in [5.74, 6) is 12.9. The van der Waals surface area contributed by atoms with Crippen molar-refractivity contribution in [1.82, 2.24) is 0 Å². The first-order valence-electron chi connectivity index (χ1n) is 10.8. The lowest BCUT2D eigenvalue weighted by molar-refractivity contribution is 0.717. The van der Waals surface area contributed by atoms with Crippen molar-refractivity contribution in [3.8, 4) is 29.8 Å². The normalized spacial score (nSPS) is 9.74. The predicted octanol–water partition coefficient (Wildman–Crippen LogP) is 6.71. The number of rotatable bonds is 4. The molecule has 0 N–H and O–H groups in total. The van der Waals surface area contributed by atoms with Gasteiger partial charge >= 0.3 is 0 Å². The van der Waals surface area contributed by atoms with Crippen LogP contribution in [0.3, 0.4) is 0 Å². The molecule has 0 amide bonds. The molecule has 0 aliphatic heterocycles. The van der Waals surface area contributed by atoms with E-state index < -0.39 is 0 Å². The zero-order chi connectivity index (χ0) is 22.1. The molecule has 1 heteroatoms. The molecule has 0 aromatic heterocycles. The fourth-order valence-corrected chi connectivity index (χ4v) is 3.47. The molecule has 0 heterocycles. The third-order valence-electron chi connectivity index (χ3n) is 5.25. The average Bonchev–Trinajstić information content (AvgIpc) is 2.78. The first-order chi connectivity index (χ1) is 15.1. The zero-order valence-corrected chi connectivity index (χ0v) is 18.5. The molecule has 0 aliphatic carbocycles. The summed E-state index contributed by atoms with van der Waals surface area (Å²) in [5, 5.41) is 9.20. The van der Waals surface area contributed by atoms with Crippen LogP contribution in [0.1, 0.15) is 70.7 Å². The fraction of sp³-hybridized carbons (Fsp3) is 0.233. The van der Waals surface area contributed by atoms with E-state index in [1.165, 1.54) is 24.8 Å². The molecule has 0 saturated carbocycles. The minimum Gasteiger partial charge on any atom is -0.192 e. The summed E-state index contributed by atoms with van der Waals surface area (Å²) >= 11 is 0. The monoisotopic (exact) mass is 401 g/mol. The van der Waals surface area contributed by atoms with Gasteiger partial charge in [0.05, 0.1) is 11.6 Å². The van der Waals surface area contributed by atoms with Gasteiger partial charge in [0, 0.05) is 22.3 Å². The number of unbranched alkanes of at least 4 members (excludes halogenated alkanes) is 2. The SMILES string of the molecule is CCCCCc1ccc(C#Cc2ccc(C#Cc3cc(C)c(C#N)c(C)c3)cc2)cc1. The van der Waals surface area contributed by atoms with Crippen molar-refractivity contribution in [1.29, 1.82) is 5.26 Å². The van der Waals surface area contributed by atoms with Crippen LogP contribution in [0, 0.1) is 48.9 Å². The van der Waals surface area contributed by atoms with E-state index in [0.29, 0.717) is 0 Å². The van der Waals surface area contributed by atoms with Crippen molar-refractivity contribution in [2.75, 3.05) is 0 Å². The van der Waals surface area contributed by atoms with Gasteiger partial charge in [-0.1, -0.05) is 55.6 Å². The van der Waals surface area contributed by atoms with Crippen LogP contribution in [-0.2, 0) is 6.42 Å². The second kappa shape index (κ2) is 10.9. The molecular formula is C30H27N. The van der Waals surface area contributed by atoms with Gasteiger partial charge in [0.1, 0.15) is 0 Å². The zero-order valence-electron chi connectivity index (χ0n) is 18.5. The summed E-state index contributed by atoms with van der Waals surface area (Å²) in [6.45, 7) is 6.13. The molecule has 0 radical (unpaired) electrons. The highest BCUT2D eigenvalue weighted by atomic mass is 14.2. The second-order valence-corrected chi connectivity index (χ2v) is 7.83. The highest BCUT2D eigenvalue weighted by molar-refractivity contribution is 5.52. The third-order valence-corrected chi connectivity index (χ3v) is 5.25. The van der Waals surface area contributed by atoms with E-state index >= 15 is 0 Å². The van der Waals surface area contributed by atoms with E-state index in [-0.39, 0.29) is 0 Å². The largest absolute Gasteiger partial charge is 0.192 e. The van der Waals surface area contributed by atoms with Crippen molar-refractivity contribution < 1.29 is 0 Å². The van der Waals surface area contributed by atoms with Gasteiger partial charge in [-0.2, -0.15) is 5.26 Å². The van der Waals surface area contributed by atoms with Gasteiger partial charge in [-0.3, -0.25) is 0 Å². The van der Waals surface area contributed by atoms with Crippen molar-refractivity contribution in [3.05, 3.63) is 105 Å². The van der Waals surface area contributed by atoms with Gasteiger partial charge < -0.3 is 0 Å². The number of nitriles is 1. The molecule has 0 saturated heterocycles. The Hall–Kier alpha value is -3.73. The molecule has 3 aromatic carbocycles. The molecule has 0 aliphatic rings. The minimum absolute atomic E-state index is 0.736. The maximum Gasteiger partial charge on any atom is 0.0997 e. The summed E-state index contributed by atoms with van der Waals surface area (Å²) < 4.78 is 0. The van der Waals surface area contributed by atoms with Gasteiger partial charge in [0.15, 0.2) is 0 Å². The molecule has 3 aromatic rings. The number of benzene rings is 3. The van der Waals surface area contributed by atoms with E-state index in [1.54, 1.807) is 0 Å². The molecule has 1 nitrogen and oxygen atoms in total. The predicted molar refractivity (Wildman–Crippen MR) is 129 cm³/mol.